The van der Waals surface area contributed by atoms with Crippen molar-refractivity contribution in [3.8, 4) is 56.4 Å². The zero-order valence-corrected chi connectivity index (χ0v) is 30.5. The highest BCUT2D eigenvalue weighted by Gasteiger charge is 2.20. The number of benzene rings is 8. The van der Waals surface area contributed by atoms with Crippen LogP contribution >= 0.6 is 11.3 Å². The molecule has 3 heterocycles. The smallest absolute Gasteiger partial charge is 0.145 e. The topological polar surface area (TPSA) is 35.6 Å². The van der Waals surface area contributed by atoms with Crippen molar-refractivity contribution in [1.82, 2.24) is 19.1 Å². The van der Waals surface area contributed by atoms with Crippen molar-refractivity contribution in [3.05, 3.63) is 194 Å². The first-order valence-corrected chi connectivity index (χ1v) is 19.3. The van der Waals surface area contributed by atoms with Crippen LogP contribution in [0.1, 0.15) is 0 Å². The fourth-order valence-corrected chi connectivity index (χ4v) is 9.21. The summed E-state index contributed by atoms with van der Waals surface area (Å²) in [6, 6.07) is 69.0. The number of hydrogen-bond donors (Lipinski definition) is 0. The summed E-state index contributed by atoms with van der Waals surface area (Å²) in [4.78, 5) is 10.4. The molecule has 0 N–H and O–H groups in total. The molecule has 0 atom stereocenters. The van der Waals surface area contributed by atoms with E-state index in [2.05, 4.69) is 203 Å². The van der Waals surface area contributed by atoms with E-state index in [4.69, 9.17) is 9.97 Å². The molecule has 0 radical (unpaired) electrons. The molecule has 4 nitrogen and oxygen atoms in total. The quantitative estimate of drug-likeness (QED) is 0.171. The molecule has 0 amide bonds. The molecular weight excluding hydrogens is 689 g/mol. The zero-order valence-electron chi connectivity index (χ0n) is 29.7. The standard InChI is InChI=1S/C50H32N4S/c1-3-14-35(15-4-1)49-51-43-21-8-10-23-45(43)53(49)38-30-37(31-39(32-38)54-46-24-11-9-22-44(46)52-50(54)36-16-5-2-6-17-36)33-26-28-34(29-27-33)40-19-13-20-42-41-18-7-12-25-47(41)55-48(40)42/h1-32H. The summed E-state index contributed by atoms with van der Waals surface area (Å²) in [6.45, 7) is 0. The Morgan fingerprint density at radius 2 is 0.873 bits per heavy atom. The minimum Gasteiger partial charge on any atom is -0.292 e. The van der Waals surface area contributed by atoms with Crippen LogP contribution in [0.4, 0.5) is 0 Å². The van der Waals surface area contributed by atoms with E-state index in [0.29, 0.717) is 0 Å². The molecule has 0 aliphatic rings. The fraction of sp³-hybridized carbons (Fsp3) is 0. The molecule has 0 bridgehead atoms. The van der Waals surface area contributed by atoms with Gasteiger partial charge in [-0.05, 0) is 70.8 Å². The van der Waals surface area contributed by atoms with Crippen LogP contribution in [0.5, 0.6) is 0 Å². The number of fused-ring (bicyclic) bond motifs is 5. The van der Waals surface area contributed by atoms with Crippen LogP contribution in [0.15, 0.2) is 194 Å². The monoisotopic (exact) mass is 720 g/mol. The Morgan fingerprint density at radius 1 is 0.364 bits per heavy atom. The van der Waals surface area contributed by atoms with Gasteiger partial charge in [-0.2, -0.15) is 0 Å². The lowest BCUT2D eigenvalue weighted by Crippen LogP contribution is -2.03. The number of hydrogen-bond acceptors (Lipinski definition) is 3. The van der Waals surface area contributed by atoms with E-state index in [0.717, 1.165) is 67.3 Å². The molecule has 11 aromatic rings. The molecule has 8 aromatic carbocycles. The predicted molar refractivity (Wildman–Crippen MR) is 230 cm³/mol. The van der Waals surface area contributed by atoms with E-state index >= 15 is 0 Å². The molecular formula is C50H32N4S. The second kappa shape index (κ2) is 12.8. The average molecular weight is 721 g/mol. The number of nitrogens with zero attached hydrogens (tertiary/aromatic N) is 4. The molecule has 0 aliphatic heterocycles. The third-order valence-electron chi connectivity index (χ3n) is 10.5. The Balaban J connectivity index is 1.14. The SMILES string of the molecule is c1ccc(-c2nc3ccccc3n2-c2cc(-c3ccc(-c4cccc5c4sc4ccccc45)cc3)cc(-n3c(-c4ccccc4)nc4ccccc43)c2)cc1. The number of para-hydroxylation sites is 4. The summed E-state index contributed by atoms with van der Waals surface area (Å²) in [5.74, 6) is 1.80. The molecule has 0 aliphatic carbocycles. The maximum absolute atomic E-state index is 5.20. The van der Waals surface area contributed by atoms with E-state index in [9.17, 15) is 0 Å². The van der Waals surface area contributed by atoms with Crippen LogP contribution in [-0.2, 0) is 0 Å². The van der Waals surface area contributed by atoms with Gasteiger partial charge in [-0.25, -0.2) is 9.97 Å². The normalized spacial score (nSPS) is 11.6. The highest BCUT2D eigenvalue weighted by atomic mass is 32.1. The van der Waals surface area contributed by atoms with Crippen molar-refractivity contribution in [2.24, 2.45) is 0 Å². The number of aromatic nitrogens is 4. The molecule has 0 fully saturated rings. The molecule has 0 spiro atoms. The summed E-state index contributed by atoms with van der Waals surface area (Å²) in [5.41, 5.74) is 12.9. The van der Waals surface area contributed by atoms with Crippen molar-refractivity contribution in [2.45, 2.75) is 0 Å². The highest BCUT2D eigenvalue weighted by Crippen LogP contribution is 2.41. The second-order valence-corrected chi connectivity index (χ2v) is 14.9. The molecule has 258 valence electrons. The van der Waals surface area contributed by atoms with Crippen LogP contribution in [0.2, 0.25) is 0 Å². The molecule has 55 heavy (non-hydrogen) atoms. The summed E-state index contributed by atoms with van der Waals surface area (Å²) in [5, 5.41) is 2.62. The molecule has 5 heteroatoms. The van der Waals surface area contributed by atoms with Gasteiger partial charge in [0, 0.05) is 31.3 Å². The van der Waals surface area contributed by atoms with E-state index in [1.54, 1.807) is 0 Å². The Hall–Kier alpha value is -7.08. The largest absolute Gasteiger partial charge is 0.292 e. The first kappa shape index (κ1) is 31.4. The van der Waals surface area contributed by atoms with Gasteiger partial charge < -0.3 is 0 Å². The minimum atomic E-state index is 0.899. The van der Waals surface area contributed by atoms with E-state index in [1.165, 1.54) is 31.3 Å². The molecule has 3 aromatic heterocycles. The van der Waals surface area contributed by atoms with Crippen molar-refractivity contribution in [3.63, 3.8) is 0 Å². The summed E-state index contributed by atoms with van der Waals surface area (Å²) >= 11 is 1.87. The van der Waals surface area contributed by atoms with Gasteiger partial charge in [0.05, 0.1) is 33.4 Å². The van der Waals surface area contributed by atoms with Crippen LogP contribution < -0.4 is 0 Å². The average Bonchev–Trinajstić information content (AvgIpc) is 3.96. The Kier molecular flexibility index (Phi) is 7.32. The molecule has 0 saturated carbocycles. The Labute approximate surface area is 321 Å². The maximum Gasteiger partial charge on any atom is 0.145 e. The zero-order chi connectivity index (χ0) is 36.3. The van der Waals surface area contributed by atoms with Gasteiger partial charge in [0.15, 0.2) is 0 Å². The van der Waals surface area contributed by atoms with Gasteiger partial charge in [0.25, 0.3) is 0 Å². The number of thiophene rings is 1. The first-order chi connectivity index (χ1) is 27.3. The van der Waals surface area contributed by atoms with Crippen LogP contribution in [0.3, 0.4) is 0 Å². The van der Waals surface area contributed by atoms with Gasteiger partial charge >= 0.3 is 0 Å². The second-order valence-electron chi connectivity index (χ2n) is 13.8. The third-order valence-corrected chi connectivity index (χ3v) is 11.8. The Morgan fingerprint density at radius 3 is 1.49 bits per heavy atom. The third kappa shape index (κ3) is 5.28. The lowest BCUT2D eigenvalue weighted by Gasteiger charge is -2.17. The van der Waals surface area contributed by atoms with Crippen LogP contribution in [-0.4, -0.2) is 19.1 Å². The van der Waals surface area contributed by atoms with Crippen LogP contribution in [0.25, 0.3) is 98.6 Å². The van der Waals surface area contributed by atoms with Gasteiger partial charge in [0.2, 0.25) is 0 Å². The van der Waals surface area contributed by atoms with E-state index < -0.39 is 0 Å². The lowest BCUT2D eigenvalue weighted by atomic mass is 9.98. The molecule has 11 rings (SSSR count). The van der Waals surface area contributed by atoms with Gasteiger partial charge in [0.1, 0.15) is 11.6 Å². The van der Waals surface area contributed by atoms with E-state index in [-0.39, 0.29) is 0 Å². The van der Waals surface area contributed by atoms with Crippen molar-refractivity contribution >= 4 is 53.6 Å². The molecule has 0 saturated heterocycles. The summed E-state index contributed by atoms with van der Waals surface area (Å²) in [7, 11) is 0. The van der Waals surface area contributed by atoms with Gasteiger partial charge in [-0.3, -0.25) is 9.13 Å². The highest BCUT2D eigenvalue weighted by molar-refractivity contribution is 7.26. The van der Waals surface area contributed by atoms with Gasteiger partial charge in [-0.1, -0.05) is 146 Å². The van der Waals surface area contributed by atoms with Crippen molar-refractivity contribution in [1.29, 1.82) is 0 Å². The predicted octanol–water partition coefficient (Wildman–Crippen LogP) is 13.4. The number of rotatable bonds is 6. The molecule has 0 unspecified atom stereocenters. The van der Waals surface area contributed by atoms with Crippen LogP contribution in [0, 0.1) is 0 Å². The maximum atomic E-state index is 5.20. The Bertz CT molecular complexity index is 3050. The number of imidazole rings is 2. The van der Waals surface area contributed by atoms with E-state index in [1.807, 2.05) is 11.3 Å². The first-order valence-electron chi connectivity index (χ1n) is 18.5. The van der Waals surface area contributed by atoms with Crippen molar-refractivity contribution < 1.29 is 0 Å². The van der Waals surface area contributed by atoms with Crippen molar-refractivity contribution in [2.75, 3.05) is 0 Å². The minimum absolute atomic E-state index is 0.899. The van der Waals surface area contributed by atoms with Gasteiger partial charge in [-0.15, -0.1) is 11.3 Å². The lowest BCUT2D eigenvalue weighted by molar-refractivity contribution is 1.07. The summed E-state index contributed by atoms with van der Waals surface area (Å²) in [6.07, 6.45) is 0. The fourth-order valence-electron chi connectivity index (χ4n) is 7.97. The summed E-state index contributed by atoms with van der Waals surface area (Å²) < 4.78 is 7.24.